The summed E-state index contributed by atoms with van der Waals surface area (Å²) in [7, 11) is 3.47. The van der Waals surface area contributed by atoms with Crippen LogP contribution in [0.3, 0.4) is 0 Å². The molecule has 1 saturated heterocycles. The van der Waals surface area contributed by atoms with E-state index in [0.717, 1.165) is 24.4 Å². The van der Waals surface area contributed by atoms with Crippen molar-refractivity contribution in [3.63, 3.8) is 0 Å². The van der Waals surface area contributed by atoms with Crippen molar-refractivity contribution in [2.24, 2.45) is 0 Å². The highest BCUT2D eigenvalue weighted by Gasteiger charge is 2.37. The zero-order valence-electron chi connectivity index (χ0n) is 13.6. The van der Waals surface area contributed by atoms with Crippen LogP contribution in [0.5, 0.6) is 0 Å². The van der Waals surface area contributed by atoms with Gasteiger partial charge in [0.1, 0.15) is 12.6 Å². The van der Waals surface area contributed by atoms with Crippen molar-refractivity contribution in [2.45, 2.75) is 19.0 Å². The summed E-state index contributed by atoms with van der Waals surface area (Å²) in [5.41, 5.74) is 2.02. The number of aromatic amines is 1. The largest absolute Gasteiger partial charge is 0.375 e. The van der Waals surface area contributed by atoms with Gasteiger partial charge in [0, 0.05) is 39.7 Å². The molecule has 3 heterocycles. The Balaban J connectivity index is 1.74. The number of hydrogen-bond acceptors (Lipinski definition) is 5. The number of methoxy groups -OCH3 is 1. The maximum atomic E-state index is 13.0. The topological polar surface area (TPSA) is 81.8 Å². The van der Waals surface area contributed by atoms with Crippen LogP contribution in [0.1, 0.15) is 11.4 Å². The average molecular weight is 321 g/mol. The van der Waals surface area contributed by atoms with E-state index in [1.54, 1.807) is 11.2 Å². The third-order valence-corrected chi connectivity index (χ3v) is 4.54. The molecule has 1 aromatic rings. The van der Waals surface area contributed by atoms with Crippen LogP contribution in [0.15, 0.2) is 6.33 Å². The predicted octanol–water partition coefficient (Wildman–Crippen LogP) is -0.917. The van der Waals surface area contributed by atoms with Crippen molar-refractivity contribution < 1.29 is 14.3 Å². The normalized spacial score (nSPS) is 22.1. The van der Waals surface area contributed by atoms with Crippen LogP contribution in [0.4, 0.5) is 0 Å². The number of amides is 2. The van der Waals surface area contributed by atoms with E-state index in [1.165, 1.54) is 7.11 Å². The molecule has 0 unspecified atom stereocenters. The maximum absolute atomic E-state index is 13.0. The predicted molar refractivity (Wildman–Crippen MR) is 82.6 cm³/mol. The standard InChI is InChI=1S/C15H23N5O3/c1-18-5-6-20(14(21)9-23-2)13(8-18)15(22)19-4-3-11-12(7-19)17-10-16-11/h10,13H,3-9H2,1-2H3,(H,16,17)/t13-/m1/s1. The second-order valence-electron chi connectivity index (χ2n) is 6.14. The molecule has 2 aliphatic heterocycles. The highest BCUT2D eigenvalue weighted by atomic mass is 16.5. The van der Waals surface area contributed by atoms with Gasteiger partial charge < -0.3 is 24.4 Å². The summed E-state index contributed by atoms with van der Waals surface area (Å²) in [6.45, 7) is 3.06. The summed E-state index contributed by atoms with van der Waals surface area (Å²) >= 11 is 0. The first kappa shape index (κ1) is 15.9. The van der Waals surface area contributed by atoms with Crippen LogP contribution < -0.4 is 0 Å². The molecule has 126 valence electrons. The van der Waals surface area contributed by atoms with E-state index in [4.69, 9.17) is 4.74 Å². The van der Waals surface area contributed by atoms with Crippen LogP contribution in [-0.2, 0) is 27.3 Å². The Bertz CT molecular complexity index is 587. The van der Waals surface area contributed by atoms with E-state index in [2.05, 4.69) is 14.9 Å². The van der Waals surface area contributed by atoms with E-state index in [1.807, 2.05) is 11.9 Å². The Morgan fingerprint density at radius 3 is 3.00 bits per heavy atom. The Hall–Kier alpha value is -1.93. The first-order valence-electron chi connectivity index (χ1n) is 7.87. The SMILES string of the molecule is COCC(=O)N1CCN(C)C[C@@H]1C(=O)N1CCc2nc[nH]c2C1. The van der Waals surface area contributed by atoms with Crippen LogP contribution >= 0.6 is 0 Å². The molecular weight excluding hydrogens is 298 g/mol. The number of nitrogens with one attached hydrogen (secondary N) is 1. The summed E-state index contributed by atoms with van der Waals surface area (Å²) in [5, 5.41) is 0. The summed E-state index contributed by atoms with van der Waals surface area (Å²) in [6.07, 6.45) is 2.42. The van der Waals surface area contributed by atoms with Gasteiger partial charge in [-0.1, -0.05) is 0 Å². The van der Waals surface area contributed by atoms with E-state index < -0.39 is 6.04 Å². The summed E-state index contributed by atoms with van der Waals surface area (Å²) in [5.74, 6) is -0.126. The molecule has 1 atom stereocenters. The fourth-order valence-corrected chi connectivity index (χ4v) is 3.25. The molecule has 8 heteroatoms. The molecule has 0 bridgehead atoms. The van der Waals surface area contributed by atoms with Gasteiger partial charge >= 0.3 is 0 Å². The third-order valence-electron chi connectivity index (χ3n) is 4.54. The lowest BCUT2D eigenvalue weighted by Gasteiger charge is -2.41. The molecule has 3 rings (SSSR count). The molecule has 1 N–H and O–H groups in total. The Kier molecular flexibility index (Phi) is 4.63. The lowest BCUT2D eigenvalue weighted by atomic mass is 10.1. The molecule has 2 amide bonds. The van der Waals surface area contributed by atoms with Crippen molar-refractivity contribution in [1.82, 2.24) is 24.7 Å². The minimum absolute atomic E-state index is 0.00116. The van der Waals surface area contributed by atoms with Crippen molar-refractivity contribution >= 4 is 11.8 Å². The minimum atomic E-state index is -0.444. The van der Waals surface area contributed by atoms with E-state index in [0.29, 0.717) is 26.2 Å². The van der Waals surface area contributed by atoms with E-state index in [-0.39, 0.29) is 18.4 Å². The van der Waals surface area contributed by atoms with Crippen LogP contribution in [0.2, 0.25) is 0 Å². The van der Waals surface area contributed by atoms with Crippen molar-refractivity contribution in [1.29, 1.82) is 0 Å². The van der Waals surface area contributed by atoms with Crippen molar-refractivity contribution in [3.05, 3.63) is 17.7 Å². The van der Waals surface area contributed by atoms with Gasteiger partial charge in [0.15, 0.2) is 0 Å². The highest BCUT2D eigenvalue weighted by Crippen LogP contribution is 2.19. The lowest BCUT2D eigenvalue weighted by molar-refractivity contribution is -0.151. The van der Waals surface area contributed by atoms with E-state index in [9.17, 15) is 9.59 Å². The zero-order valence-corrected chi connectivity index (χ0v) is 13.6. The zero-order chi connectivity index (χ0) is 16.4. The number of hydrogen-bond donors (Lipinski definition) is 1. The van der Waals surface area contributed by atoms with Crippen LogP contribution in [0.25, 0.3) is 0 Å². The number of piperazine rings is 1. The Morgan fingerprint density at radius 2 is 2.22 bits per heavy atom. The summed E-state index contributed by atoms with van der Waals surface area (Å²) in [6, 6.07) is -0.444. The summed E-state index contributed by atoms with van der Waals surface area (Å²) in [4.78, 5) is 38.2. The number of ether oxygens (including phenoxy) is 1. The number of aromatic nitrogens is 2. The maximum Gasteiger partial charge on any atom is 0.249 e. The molecule has 23 heavy (non-hydrogen) atoms. The second kappa shape index (κ2) is 6.67. The van der Waals surface area contributed by atoms with Gasteiger partial charge in [0.05, 0.1) is 24.3 Å². The number of likely N-dealkylation sites (N-methyl/N-ethyl adjacent to an activating group) is 1. The van der Waals surface area contributed by atoms with Crippen molar-refractivity contribution in [3.8, 4) is 0 Å². The second-order valence-corrected chi connectivity index (χ2v) is 6.14. The monoisotopic (exact) mass is 321 g/mol. The molecule has 0 aromatic carbocycles. The Labute approximate surface area is 135 Å². The molecule has 1 aromatic heterocycles. The average Bonchev–Trinajstić information content (AvgIpc) is 3.01. The number of carbonyl (C=O) groups is 2. The number of nitrogens with zero attached hydrogens (tertiary/aromatic N) is 4. The summed E-state index contributed by atoms with van der Waals surface area (Å²) < 4.78 is 4.95. The fraction of sp³-hybridized carbons (Fsp3) is 0.667. The molecule has 0 radical (unpaired) electrons. The van der Waals surface area contributed by atoms with Gasteiger partial charge in [-0.3, -0.25) is 9.59 Å². The van der Waals surface area contributed by atoms with Gasteiger partial charge in [-0.2, -0.15) is 0 Å². The van der Waals surface area contributed by atoms with Gasteiger partial charge in [-0.25, -0.2) is 4.98 Å². The fourth-order valence-electron chi connectivity index (χ4n) is 3.25. The highest BCUT2D eigenvalue weighted by molar-refractivity contribution is 5.88. The minimum Gasteiger partial charge on any atom is -0.375 e. The molecule has 8 nitrogen and oxygen atoms in total. The third kappa shape index (κ3) is 3.23. The number of rotatable bonds is 3. The van der Waals surface area contributed by atoms with Gasteiger partial charge in [-0.15, -0.1) is 0 Å². The van der Waals surface area contributed by atoms with Gasteiger partial charge in [-0.05, 0) is 7.05 Å². The van der Waals surface area contributed by atoms with Gasteiger partial charge in [0.25, 0.3) is 0 Å². The molecule has 0 saturated carbocycles. The van der Waals surface area contributed by atoms with Gasteiger partial charge in [0.2, 0.25) is 11.8 Å². The first-order chi connectivity index (χ1) is 11.1. The molecular formula is C15H23N5O3. The van der Waals surface area contributed by atoms with Crippen LogP contribution in [-0.4, -0.2) is 89.5 Å². The van der Waals surface area contributed by atoms with Crippen LogP contribution in [0, 0.1) is 0 Å². The molecule has 1 fully saturated rings. The number of fused-ring (bicyclic) bond motifs is 1. The first-order valence-corrected chi connectivity index (χ1v) is 7.87. The smallest absolute Gasteiger partial charge is 0.249 e. The lowest BCUT2D eigenvalue weighted by Crippen LogP contribution is -2.61. The van der Waals surface area contributed by atoms with Crippen molar-refractivity contribution in [2.75, 3.05) is 46.9 Å². The molecule has 2 aliphatic rings. The number of imidazole rings is 1. The Morgan fingerprint density at radius 1 is 1.39 bits per heavy atom. The number of H-pyrrole nitrogens is 1. The molecule has 0 spiro atoms. The quantitative estimate of drug-likeness (QED) is 0.779. The van der Waals surface area contributed by atoms with E-state index >= 15 is 0 Å². The molecule has 0 aliphatic carbocycles. The number of carbonyl (C=O) groups excluding carboxylic acids is 2.